The highest BCUT2D eigenvalue weighted by molar-refractivity contribution is 6.21. The van der Waals surface area contributed by atoms with Crippen molar-refractivity contribution < 1.29 is 18.4 Å². The van der Waals surface area contributed by atoms with Crippen molar-refractivity contribution in [1.82, 2.24) is 14.8 Å². The fraction of sp³-hybridized carbons (Fsp3) is 0.273. The van der Waals surface area contributed by atoms with E-state index < -0.39 is 11.6 Å². The maximum atomic E-state index is 14.8. The Kier molecular flexibility index (Phi) is 7.68. The molecular formula is C33H33F2N3O2. The Morgan fingerprint density at radius 1 is 0.825 bits per heavy atom. The summed E-state index contributed by atoms with van der Waals surface area (Å²) in [6.45, 7) is 7.79. The van der Waals surface area contributed by atoms with Gasteiger partial charge in [-0.25, -0.2) is 8.78 Å². The van der Waals surface area contributed by atoms with Crippen molar-refractivity contribution in [2.45, 2.75) is 39.8 Å². The first-order valence-corrected chi connectivity index (χ1v) is 13.5. The second-order valence-corrected chi connectivity index (χ2v) is 11.3. The smallest absolute Gasteiger partial charge is 0.261 e. The van der Waals surface area contributed by atoms with Crippen molar-refractivity contribution in [1.29, 1.82) is 0 Å². The van der Waals surface area contributed by atoms with Crippen LogP contribution >= 0.6 is 0 Å². The van der Waals surface area contributed by atoms with E-state index in [4.69, 9.17) is 0 Å². The molecule has 3 aromatic carbocycles. The highest BCUT2D eigenvalue weighted by atomic mass is 19.1. The van der Waals surface area contributed by atoms with Gasteiger partial charge in [-0.05, 0) is 60.3 Å². The summed E-state index contributed by atoms with van der Waals surface area (Å²) in [5, 5.41) is 3.63. The molecule has 2 amide bonds. The monoisotopic (exact) mass is 541 g/mol. The van der Waals surface area contributed by atoms with Gasteiger partial charge in [0, 0.05) is 36.1 Å². The number of amides is 2. The third kappa shape index (κ3) is 5.61. The van der Waals surface area contributed by atoms with E-state index in [1.54, 1.807) is 24.3 Å². The van der Waals surface area contributed by atoms with Gasteiger partial charge in [-0.1, -0.05) is 63.2 Å². The van der Waals surface area contributed by atoms with Gasteiger partial charge >= 0.3 is 0 Å². The summed E-state index contributed by atoms with van der Waals surface area (Å²) in [5.74, 6) is -1.49. The minimum Gasteiger partial charge on any atom is -0.345 e. The molecule has 0 bridgehead atoms. The predicted octanol–water partition coefficient (Wildman–Crippen LogP) is 6.84. The SMILES string of the molecule is CC(C)(C)C(NCCCN1C(=O)c2ccccc2C1=O)c1cc(-c2cc(F)ccc2F)cn1Cc1ccccc1. The number of aromatic nitrogens is 1. The van der Waals surface area contributed by atoms with Crippen LogP contribution in [0.25, 0.3) is 11.1 Å². The van der Waals surface area contributed by atoms with Crippen LogP contribution < -0.4 is 5.32 Å². The van der Waals surface area contributed by atoms with Gasteiger partial charge < -0.3 is 9.88 Å². The van der Waals surface area contributed by atoms with Crippen LogP contribution in [0.4, 0.5) is 8.78 Å². The Balaban J connectivity index is 1.39. The second-order valence-electron chi connectivity index (χ2n) is 11.3. The zero-order valence-electron chi connectivity index (χ0n) is 23.0. The quantitative estimate of drug-likeness (QED) is 0.186. The average Bonchev–Trinajstić information content (AvgIpc) is 3.44. The normalized spacial score (nSPS) is 14.1. The maximum absolute atomic E-state index is 14.8. The van der Waals surface area contributed by atoms with Crippen LogP contribution in [-0.2, 0) is 6.54 Å². The molecule has 1 N–H and O–H groups in total. The Morgan fingerprint density at radius 2 is 1.48 bits per heavy atom. The average molecular weight is 542 g/mol. The van der Waals surface area contributed by atoms with Gasteiger partial charge in [0.05, 0.1) is 17.2 Å². The second kappa shape index (κ2) is 11.2. The van der Waals surface area contributed by atoms with Gasteiger partial charge in [0.25, 0.3) is 11.8 Å². The highest BCUT2D eigenvalue weighted by Crippen LogP contribution is 2.37. The molecular weight excluding hydrogens is 508 g/mol. The molecule has 1 aliphatic rings. The summed E-state index contributed by atoms with van der Waals surface area (Å²) in [5.41, 5.74) is 3.50. The summed E-state index contributed by atoms with van der Waals surface area (Å²) in [7, 11) is 0. The number of nitrogens with zero attached hydrogens (tertiary/aromatic N) is 2. The first-order chi connectivity index (χ1) is 19.1. The molecule has 5 nitrogen and oxygen atoms in total. The molecule has 1 aromatic heterocycles. The minimum absolute atomic E-state index is 0.149. The van der Waals surface area contributed by atoms with Gasteiger partial charge in [0.15, 0.2) is 0 Å². The summed E-state index contributed by atoms with van der Waals surface area (Å²) in [6.07, 6.45) is 2.45. The number of benzene rings is 3. The molecule has 0 saturated carbocycles. The molecule has 0 radical (unpaired) electrons. The van der Waals surface area contributed by atoms with E-state index in [0.717, 1.165) is 23.4 Å². The Hall–Kier alpha value is -4.10. The zero-order valence-corrected chi connectivity index (χ0v) is 23.0. The first-order valence-electron chi connectivity index (χ1n) is 13.5. The van der Waals surface area contributed by atoms with E-state index >= 15 is 0 Å². The van der Waals surface area contributed by atoms with Gasteiger partial charge in [-0.15, -0.1) is 0 Å². The number of carbonyl (C=O) groups excluding carboxylic acids is 2. The number of rotatable bonds is 9. The molecule has 5 rings (SSSR count). The summed E-state index contributed by atoms with van der Waals surface area (Å²) in [4.78, 5) is 26.8. The van der Waals surface area contributed by atoms with E-state index in [0.29, 0.717) is 42.7 Å². The number of hydrogen-bond donors (Lipinski definition) is 1. The van der Waals surface area contributed by atoms with Crippen molar-refractivity contribution in [3.05, 3.63) is 119 Å². The fourth-order valence-corrected chi connectivity index (χ4v) is 5.33. The van der Waals surface area contributed by atoms with E-state index in [2.05, 4.69) is 30.7 Å². The number of imide groups is 1. The molecule has 0 fully saturated rings. The lowest BCUT2D eigenvalue weighted by atomic mass is 9.84. The molecule has 4 aromatic rings. The van der Waals surface area contributed by atoms with Gasteiger partial charge in [0.2, 0.25) is 0 Å². The maximum Gasteiger partial charge on any atom is 0.261 e. The molecule has 2 heterocycles. The lowest BCUT2D eigenvalue weighted by molar-refractivity contribution is 0.0651. The van der Waals surface area contributed by atoms with Crippen LogP contribution in [0.2, 0.25) is 0 Å². The minimum atomic E-state index is -0.493. The lowest BCUT2D eigenvalue weighted by Crippen LogP contribution is -2.37. The topological polar surface area (TPSA) is 54.3 Å². The highest BCUT2D eigenvalue weighted by Gasteiger charge is 2.35. The van der Waals surface area contributed by atoms with Gasteiger partial charge in [-0.3, -0.25) is 14.5 Å². The van der Waals surface area contributed by atoms with Crippen molar-refractivity contribution in [2.24, 2.45) is 5.41 Å². The Labute approximate surface area is 233 Å². The Bertz CT molecular complexity index is 1500. The van der Waals surface area contributed by atoms with Gasteiger partial charge in [-0.2, -0.15) is 0 Å². The molecule has 0 aliphatic carbocycles. The van der Waals surface area contributed by atoms with Crippen LogP contribution in [0.5, 0.6) is 0 Å². The largest absolute Gasteiger partial charge is 0.345 e. The van der Waals surface area contributed by atoms with E-state index in [1.165, 1.54) is 11.0 Å². The zero-order chi connectivity index (χ0) is 28.4. The summed E-state index contributed by atoms with van der Waals surface area (Å²) in [6, 6.07) is 22.1. The number of fused-ring (bicyclic) bond motifs is 1. The number of nitrogens with one attached hydrogen (secondary N) is 1. The summed E-state index contributed by atoms with van der Waals surface area (Å²) < 4.78 is 30.9. The van der Waals surface area contributed by atoms with Crippen LogP contribution in [-0.4, -0.2) is 34.4 Å². The standard InChI is InChI=1S/C33H33F2N3O2/c1-33(2,3)30(36-16-9-17-38-31(39)25-12-7-8-13-26(25)32(38)40)29-18-23(27-19-24(34)14-15-28(27)35)21-37(29)20-22-10-5-4-6-11-22/h4-8,10-15,18-19,21,30,36H,9,16-17,20H2,1-3H3. The number of hydrogen-bond acceptors (Lipinski definition) is 3. The fourth-order valence-electron chi connectivity index (χ4n) is 5.33. The molecule has 1 aliphatic heterocycles. The molecule has 1 unspecified atom stereocenters. The predicted molar refractivity (Wildman–Crippen MR) is 152 cm³/mol. The van der Waals surface area contributed by atoms with Crippen LogP contribution in [0.3, 0.4) is 0 Å². The van der Waals surface area contributed by atoms with Crippen LogP contribution in [0, 0.1) is 17.0 Å². The van der Waals surface area contributed by atoms with E-state index in [-0.39, 0.29) is 28.8 Å². The molecule has 40 heavy (non-hydrogen) atoms. The van der Waals surface area contributed by atoms with Crippen molar-refractivity contribution in [3.63, 3.8) is 0 Å². The van der Waals surface area contributed by atoms with E-state index in [1.807, 2.05) is 42.6 Å². The molecule has 1 atom stereocenters. The van der Waals surface area contributed by atoms with E-state index in [9.17, 15) is 18.4 Å². The third-order valence-electron chi connectivity index (χ3n) is 7.31. The van der Waals surface area contributed by atoms with Crippen molar-refractivity contribution in [2.75, 3.05) is 13.1 Å². The van der Waals surface area contributed by atoms with Crippen LogP contribution in [0.15, 0.2) is 85.1 Å². The first kappa shape index (κ1) is 27.5. The molecule has 7 heteroatoms. The lowest BCUT2D eigenvalue weighted by Gasteiger charge is -2.33. The molecule has 206 valence electrons. The van der Waals surface area contributed by atoms with Crippen LogP contribution in [0.1, 0.15) is 65.2 Å². The molecule has 0 saturated heterocycles. The van der Waals surface area contributed by atoms with Crippen molar-refractivity contribution >= 4 is 11.8 Å². The summed E-state index contributed by atoms with van der Waals surface area (Å²) >= 11 is 0. The Morgan fingerprint density at radius 3 is 2.12 bits per heavy atom. The van der Waals surface area contributed by atoms with Gasteiger partial charge in [0.1, 0.15) is 11.6 Å². The van der Waals surface area contributed by atoms with Crippen molar-refractivity contribution in [3.8, 4) is 11.1 Å². The molecule has 0 spiro atoms. The number of halogens is 2. The number of carbonyl (C=O) groups is 2. The third-order valence-corrected chi connectivity index (χ3v) is 7.31.